The monoisotopic (exact) mass is 485 g/mol. The van der Waals surface area contributed by atoms with Crippen molar-refractivity contribution < 1.29 is 9.59 Å². The molecule has 3 heterocycles. The van der Waals surface area contributed by atoms with E-state index in [0.717, 1.165) is 43.9 Å². The van der Waals surface area contributed by atoms with Crippen molar-refractivity contribution in [3.63, 3.8) is 0 Å². The van der Waals surface area contributed by atoms with Gasteiger partial charge in [-0.3, -0.25) is 19.4 Å². The number of nitrogens with zero attached hydrogens (tertiary/aromatic N) is 4. The van der Waals surface area contributed by atoms with Gasteiger partial charge in [0.25, 0.3) is 5.91 Å². The van der Waals surface area contributed by atoms with Crippen molar-refractivity contribution in [2.24, 2.45) is 23.2 Å². The van der Waals surface area contributed by atoms with Gasteiger partial charge in [0.2, 0.25) is 5.91 Å². The van der Waals surface area contributed by atoms with Crippen LogP contribution in [0.4, 0.5) is 17.2 Å². The van der Waals surface area contributed by atoms with E-state index < -0.39 is 0 Å². The van der Waals surface area contributed by atoms with Gasteiger partial charge in [-0.15, -0.1) is 0 Å². The number of benzene rings is 1. The van der Waals surface area contributed by atoms with Gasteiger partial charge in [-0.1, -0.05) is 12.1 Å². The molecule has 0 radical (unpaired) electrons. The van der Waals surface area contributed by atoms with E-state index in [2.05, 4.69) is 20.1 Å². The van der Waals surface area contributed by atoms with Gasteiger partial charge in [-0.25, -0.2) is 4.98 Å². The number of rotatable bonds is 4. The van der Waals surface area contributed by atoms with Gasteiger partial charge >= 0.3 is 0 Å². The summed E-state index contributed by atoms with van der Waals surface area (Å²) < 4.78 is 0. The predicted molar refractivity (Wildman–Crippen MR) is 139 cm³/mol. The zero-order chi connectivity index (χ0) is 24.3. The van der Waals surface area contributed by atoms with E-state index in [0.29, 0.717) is 34.7 Å². The van der Waals surface area contributed by atoms with Crippen LogP contribution in [-0.4, -0.2) is 65.9 Å². The summed E-state index contributed by atoms with van der Waals surface area (Å²) in [6, 6.07) is 10.9. The minimum absolute atomic E-state index is 0.0477. The molecular weight excluding hydrogens is 450 g/mol. The summed E-state index contributed by atoms with van der Waals surface area (Å²) in [6.07, 6.45) is 10.5. The second kappa shape index (κ2) is 8.67. The Morgan fingerprint density at radius 2 is 1.58 bits per heavy atom. The van der Waals surface area contributed by atoms with Crippen molar-refractivity contribution in [1.82, 2.24) is 14.8 Å². The summed E-state index contributed by atoms with van der Waals surface area (Å²) in [6.45, 7) is 5.44. The number of carbonyl (C=O) groups is 2. The molecule has 2 amide bonds. The molecule has 188 valence electrons. The average Bonchev–Trinajstić information content (AvgIpc) is 2.98. The Labute approximate surface area is 212 Å². The smallest absolute Gasteiger partial charge is 0.257 e. The fourth-order valence-corrected chi connectivity index (χ4v) is 8.42. The van der Waals surface area contributed by atoms with Gasteiger partial charge in [0, 0.05) is 38.9 Å². The molecule has 2 aromatic rings. The average molecular weight is 486 g/mol. The number of pyridine rings is 1. The summed E-state index contributed by atoms with van der Waals surface area (Å²) in [4.78, 5) is 37.6. The lowest BCUT2D eigenvalue weighted by Gasteiger charge is -2.58. The SMILES string of the molecule is O=C1Nc2cccnc2N(C(=O)CN2CCN(CC34CC5CC(CC(C5)C3)C4)CC2)c2ccccc21. The lowest BCUT2D eigenvalue weighted by atomic mass is 9.49. The molecule has 4 saturated carbocycles. The Balaban J connectivity index is 1.04. The minimum Gasteiger partial charge on any atom is -0.319 e. The summed E-state index contributed by atoms with van der Waals surface area (Å²) in [5.74, 6) is 3.20. The van der Waals surface area contributed by atoms with Crippen molar-refractivity contribution >= 4 is 29.0 Å². The van der Waals surface area contributed by atoms with Crippen LogP contribution in [0.25, 0.3) is 0 Å². The van der Waals surface area contributed by atoms with Crippen LogP contribution in [0, 0.1) is 23.2 Å². The van der Waals surface area contributed by atoms with Crippen LogP contribution in [-0.2, 0) is 4.79 Å². The zero-order valence-corrected chi connectivity index (χ0v) is 20.9. The van der Waals surface area contributed by atoms with Crippen LogP contribution in [0.2, 0.25) is 0 Å². The third-order valence-electron chi connectivity index (χ3n) is 9.43. The molecule has 1 aromatic carbocycles. The molecule has 4 aliphatic carbocycles. The van der Waals surface area contributed by atoms with Crippen LogP contribution in [0.1, 0.15) is 48.9 Å². The predicted octanol–water partition coefficient (Wildman–Crippen LogP) is 4.15. The number of piperazine rings is 1. The quantitative estimate of drug-likeness (QED) is 0.705. The molecule has 1 N–H and O–H groups in total. The van der Waals surface area contributed by atoms with Crippen LogP contribution >= 0.6 is 0 Å². The molecule has 5 fully saturated rings. The van der Waals surface area contributed by atoms with E-state index >= 15 is 0 Å². The van der Waals surface area contributed by atoms with Crippen molar-refractivity contribution in [2.75, 3.05) is 49.5 Å². The number of hydrogen-bond acceptors (Lipinski definition) is 5. The van der Waals surface area contributed by atoms with E-state index in [-0.39, 0.29) is 11.8 Å². The highest BCUT2D eigenvalue weighted by atomic mass is 16.2. The van der Waals surface area contributed by atoms with E-state index in [4.69, 9.17) is 0 Å². The van der Waals surface area contributed by atoms with Gasteiger partial charge in [0.1, 0.15) is 0 Å². The molecule has 7 heteroatoms. The fraction of sp³-hybridized carbons (Fsp3) is 0.552. The van der Waals surface area contributed by atoms with Crippen molar-refractivity contribution in [1.29, 1.82) is 0 Å². The maximum absolute atomic E-state index is 13.7. The number of aromatic nitrogens is 1. The van der Waals surface area contributed by atoms with E-state index in [1.54, 1.807) is 29.3 Å². The summed E-state index contributed by atoms with van der Waals surface area (Å²) in [5, 5.41) is 2.92. The third-order valence-corrected chi connectivity index (χ3v) is 9.43. The molecule has 2 aliphatic heterocycles. The highest BCUT2D eigenvalue weighted by molar-refractivity contribution is 6.17. The molecule has 6 aliphatic rings. The van der Waals surface area contributed by atoms with Crippen LogP contribution in [0.5, 0.6) is 0 Å². The Bertz CT molecular complexity index is 1150. The summed E-state index contributed by atoms with van der Waals surface area (Å²) >= 11 is 0. The van der Waals surface area contributed by atoms with Gasteiger partial charge < -0.3 is 10.2 Å². The van der Waals surface area contributed by atoms with Gasteiger partial charge in [0.15, 0.2) is 5.82 Å². The van der Waals surface area contributed by atoms with Gasteiger partial charge in [-0.2, -0.15) is 0 Å². The lowest BCUT2D eigenvalue weighted by molar-refractivity contribution is -0.119. The molecular formula is C29H35N5O2. The number of fused-ring (bicyclic) bond motifs is 2. The van der Waals surface area contributed by atoms with E-state index in [1.165, 1.54) is 45.1 Å². The van der Waals surface area contributed by atoms with Gasteiger partial charge in [0.05, 0.1) is 23.5 Å². The molecule has 8 rings (SSSR count). The number of nitrogens with one attached hydrogen (secondary N) is 1. The standard InChI is InChI=1S/C29H35N5O2/c35-26(34-25-6-2-1-4-23(25)28(36)31-24-5-3-7-30-27(24)34)18-32-8-10-33(11-9-32)19-29-15-20-12-21(16-29)14-22(13-20)17-29/h1-7,20-22H,8-19H2,(H,31,36). The second-order valence-corrected chi connectivity index (χ2v) is 12.0. The summed E-state index contributed by atoms with van der Waals surface area (Å²) in [5.41, 5.74) is 2.21. The summed E-state index contributed by atoms with van der Waals surface area (Å²) in [7, 11) is 0. The Morgan fingerprint density at radius 3 is 2.31 bits per heavy atom. The molecule has 36 heavy (non-hydrogen) atoms. The maximum atomic E-state index is 13.7. The van der Waals surface area contributed by atoms with E-state index in [1.807, 2.05) is 18.2 Å². The first-order valence-electron chi connectivity index (χ1n) is 13.7. The van der Waals surface area contributed by atoms with Crippen molar-refractivity contribution in [3.05, 3.63) is 48.2 Å². The molecule has 7 nitrogen and oxygen atoms in total. The molecule has 4 bridgehead atoms. The van der Waals surface area contributed by atoms with Crippen LogP contribution in [0.15, 0.2) is 42.6 Å². The number of hydrogen-bond donors (Lipinski definition) is 1. The fourth-order valence-electron chi connectivity index (χ4n) is 8.42. The molecule has 1 saturated heterocycles. The Hall–Kier alpha value is -2.77. The highest BCUT2D eigenvalue weighted by Gasteiger charge is 2.51. The molecule has 0 atom stereocenters. The zero-order valence-electron chi connectivity index (χ0n) is 20.9. The molecule has 0 spiro atoms. The first kappa shape index (κ1) is 22.4. The van der Waals surface area contributed by atoms with Gasteiger partial charge in [-0.05, 0) is 86.0 Å². The van der Waals surface area contributed by atoms with Crippen molar-refractivity contribution in [2.45, 2.75) is 38.5 Å². The number of anilines is 3. The number of para-hydroxylation sites is 1. The topological polar surface area (TPSA) is 68.8 Å². The Morgan fingerprint density at radius 1 is 0.917 bits per heavy atom. The maximum Gasteiger partial charge on any atom is 0.257 e. The highest BCUT2D eigenvalue weighted by Crippen LogP contribution is 2.60. The minimum atomic E-state index is -0.214. The first-order chi connectivity index (χ1) is 17.6. The van der Waals surface area contributed by atoms with E-state index in [9.17, 15) is 9.59 Å². The number of amides is 2. The van der Waals surface area contributed by atoms with Crippen LogP contribution < -0.4 is 10.2 Å². The lowest BCUT2D eigenvalue weighted by Crippen LogP contribution is -2.55. The largest absolute Gasteiger partial charge is 0.319 e. The number of carbonyl (C=O) groups excluding carboxylic acids is 2. The molecule has 1 aromatic heterocycles. The third kappa shape index (κ3) is 3.93. The second-order valence-electron chi connectivity index (χ2n) is 12.0. The first-order valence-corrected chi connectivity index (χ1v) is 13.7. The molecule has 0 unspecified atom stereocenters. The Kier molecular flexibility index (Phi) is 5.40. The van der Waals surface area contributed by atoms with Crippen LogP contribution in [0.3, 0.4) is 0 Å². The van der Waals surface area contributed by atoms with Crippen molar-refractivity contribution in [3.8, 4) is 0 Å². The normalized spacial score (nSPS) is 31.5.